The summed E-state index contributed by atoms with van der Waals surface area (Å²) in [6.45, 7) is 1.88. The van der Waals surface area contributed by atoms with Gasteiger partial charge >= 0.3 is 5.89 Å². The lowest BCUT2D eigenvalue weighted by Gasteiger charge is -1.99. The minimum atomic E-state index is -0.103. The zero-order valence-corrected chi connectivity index (χ0v) is 11.5. The van der Waals surface area contributed by atoms with Crippen LogP contribution in [-0.2, 0) is 0 Å². The topological polar surface area (TPSA) is 114 Å². The molecule has 8 nitrogen and oxygen atoms in total. The number of nitriles is 1. The fraction of sp³-hybridized carbons (Fsp3) is 0.0714. The van der Waals surface area contributed by atoms with Crippen LogP contribution in [0.4, 0.5) is 0 Å². The van der Waals surface area contributed by atoms with Crippen LogP contribution in [0, 0.1) is 18.3 Å². The molecule has 0 atom stereocenters. The van der Waals surface area contributed by atoms with Crippen LogP contribution in [-0.4, -0.2) is 30.1 Å². The first kappa shape index (κ1) is 13.5. The third-order valence-corrected chi connectivity index (χ3v) is 2.73. The third-order valence-electron chi connectivity index (χ3n) is 2.73. The lowest BCUT2D eigenvalue weighted by Crippen LogP contribution is -1.88. The van der Waals surface area contributed by atoms with Crippen molar-refractivity contribution in [2.45, 2.75) is 6.92 Å². The van der Waals surface area contributed by atoms with Gasteiger partial charge in [0.05, 0.1) is 0 Å². The number of hydrogen-bond acceptors (Lipinski definition) is 7. The quantitative estimate of drug-likeness (QED) is 0.783. The normalized spacial score (nSPS) is 10.9. The van der Waals surface area contributed by atoms with E-state index in [1.54, 1.807) is 24.4 Å². The maximum atomic E-state index is 9.61. The predicted octanol–water partition coefficient (Wildman–Crippen LogP) is 1.84. The lowest BCUT2D eigenvalue weighted by atomic mass is 10.1. The fourth-order valence-corrected chi connectivity index (χ4v) is 1.86. The standard InChI is InChI=1S/C14H10N6O2/c1-9-4-10(6-11(21)5-9)14-16-8-20(19-14)3-2-12-17-18-13(7-15)22-12/h2-6,8,21H,1H3/b3-2-. The van der Waals surface area contributed by atoms with E-state index < -0.39 is 0 Å². The molecule has 3 rings (SSSR count). The molecule has 0 spiro atoms. The third kappa shape index (κ3) is 2.83. The predicted molar refractivity (Wildman–Crippen MR) is 76.1 cm³/mol. The lowest BCUT2D eigenvalue weighted by molar-refractivity contribution is 0.475. The van der Waals surface area contributed by atoms with E-state index in [0.29, 0.717) is 11.4 Å². The summed E-state index contributed by atoms with van der Waals surface area (Å²) in [6, 6.07) is 6.87. The number of aromatic nitrogens is 5. The Hall–Kier alpha value is -3.47. The molecule has 108 valence electrons. The Morgan fingerprint density at radius 3 is 2.91 bits per heavy atom. The molecule has 3 aromatic rings. The molecule has 1 aromatic carbocycles. The van der Waals surface area contributed by atoms with Crippen molar-refractivity contribution in [3.8, 4) is 23.2 Å². The number of rotatable bonds is 3. The Morgan fingerprint density at radius 2 is 2.18 bits per heavy atom. The van der Waals surface area contributed by atoms with Gasteiger partial charge < -0.3 is 9.52 Å². The molecule has 0 aliphatic rings. The molecule has 0 fully saturated rings. The summed E-state index contributed by atoms with van der Waals surface area (Å²) in [5, 5.41) is 29.6. The summed E-state index contributed by atoms with van der Waals surface area (Å²) in [5.74, 6) is 0.736. The van der Waals surface area contributed by atoms with E-state index in [1.165, 1.54) is 17.1 Å². The largest absolute Gasteiger partial charge is 0.508 e. The van der Waals surface area contributed by atoms with Crippen LogP contribution in [0.25, 0.3) is 23.7 Å². The van der Waals surface area contributed by atoms with Crippen LogP contribution in [0.2, 0.25) is 0 Å². The smallest absolute Gasteiger partial charge is 0.321 e. The monoisotopic (exact) mass is 294 g/mol. The summed E-state index contributed by atoms with van der Waals surface area (Å²) in [5.41, 5.74) is 1.63. The Bertz CT molecular complexity index is 867. The van der Waals surface area contributed by atoms with Crippen LogP contribution >= 0.6 is 0 Å². The van der Waals surface area contributed by atoms with E-state index in [2.05, 4.69) is 20.3 Å². The average molecular weight is 294 g/mol. The molecule has 1 N–H and O–H groups in total. The number of hydrogen-bond donors (Lipinski definition) is 1. The first-order valence-corrected chi connectivity index (χ1v) is 6.28. The Morgan fingerprint density at radius 1 is 1.32 bits per heavy atom. The van der Waals surface area contributed by atoms with Crippen LogP contribution < -0.4 is 0 Å². The maximum Gasteiger partial charge on any atom is 0.321 e. The number of aromatic hydroxyl groups is 1. The van der Waals surface area contributed by atoms with Gasteiger partial charge in [0.15, 0.2) is 11.9 Å². The van der Waals surface area contributed by atoms with Gasteiger partial charge in [0, 0.05) is 17.8 Å². The van der Waals surface area contributed by atoms with Gasteiger partial charge in [-0.3, -0.25) is 0 Å². The van der Waals surface area contributed by atoms with Crippen molar-refractivity contribution in [3.05, 3.63) is 41.9 Å². The van der Waals surface area contributed by atoms with Gasteiger partial charge in [-0.05, 0) is 30.7 Å². The molecule has 2 aromatic heterocycles. The van der Waals surface area contributed by atoms with E-state index in [4.69, 9.17) is 9.68 Å². The number of phenolic OH excluding ortho intramolecular Hbond substituents is 1. The molecule has 0 saturated carbocycles. The Labute approximate surface area is 125 Å². The molecule has 0 saturated heterocycles. The van der Waals surface area contributed by atoms with Gasteiger partial charge in [-0.15, -0.1) is 10.2 Å². The number of aryl methyl sites for hydroxylation is 1. The van der Waals surface area contributed by atoms with Gasteiger partial charge in [-0.1, -0.05) is 5.10 Å². The zero-order valence-electron chi connectivity index (χ0n) is 11.5. The average Bonchev–Trinajstić information content (AvgIpc) is 3.13. The van der Waals surface area contributed by atoms with Crippen molar-refractivity contribution in [1.82, 2.24) is 25.0 Å². The molecular weight excluding hydrogens is 284 g/mol. The van der Waals surface area contributed by atoms with Crippen molar-refractivity contribution in [3.63, 3.8) is 0 Å². The SMILES string of the molecule is Cc1cc(O)cc(-c2ncn(/C=C\c3nnc(C#N)o3)n2)c1. The number of phenols is 1. The van der Waals surface area contributed by atoms with Gasteiger partial charge in [-0.25, -0.2) is 9.67 Å². The second kappa shape index (κ2) is 5.49. The maximum absolute atomic E-state index is 9.61. The molecule has 22 heavy (non-hydrogen) atoms. The molecular formula is C14H10N6O2. The molecule has 8 heteroatoms. The van der Waals surface area contributed by atoms with Crippen LogP contribution in [0.1, 0.15) is 17.3 Å². The number of benzene rings is 1. The van der Waals surface area contributed by atoms with Crippen molar-refractivity contribution < 1.29 is 9.52 Å². The van der Waals surface area contributed by atoms with E-state index >= 15 is 0 Å². The fourth-order valence-electron chi connectivity index (χ4n) is 1.86. The number of nitrogens with zero attached hydrogens (tertiary/aromatic N) is 6. The van der Waals surface area contributed by atoms with E-state index in [-0.39, 0.29) is 17.5 Å². The molecule has 2 heterocycles. The van der Waals surface area contributed by atoms with Crippen LogP contribution in [0.3, 0.4) is 0 Å². The van der Waals surface area contributed by atoms with Crippen molar-refractivity contribution in [2.75, 3.05) is 0 Å². The van der Waals surface area contributed by atoms with E-state index in [9.17, 15) is 5.11 Å². The summed E-state index contributed by atoms with van der Waals surface area (Å²) >= 11 is 0. The van der Waals surface area contributed by atoms with Crippen molar-refractivity contribution >= 4 is 12.3 Å². The van der Waals surface area contributed by atoms with E-state index in [0.717, 1.165) is 5.56 Å². The zero-order chi connectivity index (χ0) is 15.5. The molecule has 0 aliphatic carbocycles. The van der Waals surface area contributed by atoms with Gasteiger partial charge in [0.1, 0.15) is 12.1 Å². The summed E-state index contributed by atoms with van der Waals surface area (Å²) < 4.78 is 6.48. The minimum absolute atomic E-state index is 0.103. The summed E-state index contributed by atoms with van der Waals surface area (Å²) in [6.07, 6.45) is 4.59. The van der Waals surface area contributed by atoms with Crippen molar-refractivity contribution in [2.24, 2.45) is 0 Å². The second-order valence-electron chi connectivity index (χ2n) is 4.48. The highest BCUT2D eigenvalue weighted by molar-refractivity contribution is 5.59. The molecule has 0 radical (unpaired) electrons. The van der Waals surface area contributed by atoms with Gasteiger partial charge in [-0.2, -0.15) is 5.26 Å². The highest BCUT2D eigenvalue weighted by Gasteiger charge is 2.06. The summed E-state index contributed by atoms with van der Waals surface area (Å²) in [7, 11) is 0. The Balaban J connectivity index is 1.83. The van der Waals surface area contributed by atoms with Crippen molar-refractivity contribution in [1.29, 1.82) is 5.26 Å². The first-order chi connectivity index (χ1) is 10.6. The molecule has 0 unspecified atom stereocenters. The second-order valence-corrected chi connectivity index (χ2v) is 4.48. The molecule has 0 bridgehead atoms. The van der Waals surface area contributed by atoms with Gasteiger partial charge in [0.2, 0.25) is 5.89 Å². The van der Waals surface area contributed by atoms with E-state index in [1.807, 2.05) is 13.0 Å². The highest BCUT2D eigenvalue weighted by atomic mass is 16.4. The summed E-state index contributed by atoms with van der Waals surface area (Å²) in [4.78, 5) is 4.17. The van der Waals surface area contributed by atoms with Crippen LogP contribution in [0.15, 0.2) is 28.9 Å². The van der Waals surface area contributed by atoms with Gasteiger partial charge in [0.25, 0.3) is 0 Å². The molecule has 0 amide bonds. The molecule has 0 aliphatic heterocycles. The van der Waals surface area contributed by atoms with Crippen LogP contribution in [0.5, 0.6) is 5.75 Å². The Kier molecular flexibility index (Phi) is 3.37. The first-order valence-electron chi connectivity index (χ1n) is 6.28. The minimum Gasteiger partial charge on any atom is -0.508 e. The highest BCUT2D eigenvalue weighted by Crippen LogP contribution is 2.22.